The summed E-state index contributed by atoms with van der Waals surface area (Å²) < 4.78 is 5.89. The summed E-state index contributed by atoms with van der Waals surface area (Å²) in [5.74, 6) is -0.502. The van der Waals surface area contributed by atoms with E-state index in [1.54, 1.807) is 0 Å². The maximum Gasteiger partial charge on any atom is 0.411 e. The number of ether oxygens (including phenoxy) is 1. The largest absolute Gasteiger partial charge is 0.481 e. The van der Waals surface area contributed by atoms with E-state index in [9.17, 15) is 9.59 Å². The first-order valence-corrected chi connectivity index (χ1v) is 12.4. The first-order chi connectivity index (χ1) is 16.6. The summed E-state index contributed by atoms with van der Waals surface area (Å²) in [5.41, 5.74) is 2.54. The molecule has 1 N–H and O–H groups in total. The number of nitrogens with zero attached hydrogens (tertiary/aromatic N) is 1. The van der Waals surface area contributed by atoms with Crippen molar-refractivity contribution in [2.24, 2.45) is 0 Å². The Kier molecular flexibility index (Phi) is 7.15. The maximum absolute atomic E-state index is 13.5. The van der Waals surface area contributed by atoms with E-state index in [-0.39, 0.29) is 24.6 Å². The quantitative estimate of drug-likeness (QED) is 0.415. The molecule has 1 saturated carbocycles. The zero-order valence-electron chi connectivity index (χ0n) is 21.0. The van der Waals surface area contributed by atoms with Crippen molar-refractivity contribution in [3.05, 3.63) is 83.4 Å². The van der Waals surface area contributed by atoms with Gasteiger partial charge in [-0.1, -0.05) is 66.7 Å². The summed E-state index contributed by atoms with van der Waals surface area (Å²) in [6, 6.07) is 22.4. The summed E-state index contributed by atoms with van der Waals surface area (Å²) in [6.07, 6.45) is 2.48. The lowest BCUT2D eigenvalue weighted by Crippen LogP contribution is -2.44. The van der Waals surface area contributed by atoms with Gasteiger partial charge in [0.1, 0.15) is 5.60 Å². The van der Waals surface area contributed by atoms with Crippen LogP contribution in [-0.2, 0) is 16.0 Å². The Morgan fingerprint density at radius 2 is 1.69 bits per heavy atom. The first-order valence-electron chi connectivity index (χ1n) is 12.4. The Hall–Kier alpha value is -3.34. The Morgan fingerprint density at radius 1 is 1.00 bits per heavy atom. The minimum atomic E-state index is -0.825. The summed E-state index contributed by atoms with van der Waals surface area (Å²) in [7, 11) is 0. The normalized spacial score (nSPS) is 18.9. The number of fused-ring (bicyclic) bond motifs is 1. The molecule has 1 aliphatic rings. The molecule has 4 rings (SSSR count). The SMILES string of the molecule is CC(c1cccc2ccccc12)N(C(=O)OC(C)(C)C)C1CCC(c2ccc(CC(=O)O)cc2)C1. The van der Waals surface area contributed by atoms with Crippen molar-refractivity contribution in [3.63, 3.8) is 0 Å². The number of amides is 1. The van der Waals surface area contributed by atoms with Crippen LogP contribution in [0.4, 0.5) is 4.79 Å². The molecule has 35 heavy (non-hydrogen) atoms. The van der Waals surface area contributed by atoms with Crippen molar-refractivity contribution in [2.45, 2.75) is 77.0 Å². The standard InChI is InChI=1S/C30H35NO4/c1-20(26-11-7-9-23-8-5-6-10-27(23)26)31(29(34)35-30(2,3)4)25-17-16-24(19-25)22-14-12-21(13-15-22)18-28(32)33/h5-15,20,24-25H,16-19H2,1-4H3,(H,32,33). The molecule has 1 aliphatic carbocycles. The van der Waals surface area contributed by atoms with Crippen molar-refractivity contribution in [3.8, 4) is 0 Å². The number of carbonyl (C=O) groups excluding carboxylic acids is 1. The van der Waals surface area contributed by atoms with Gasteiger partial charge in [0.05, 0.1) is 12.5 Å². The summed E-state index contributed by atoms with van der Waals surface area (Å²) in [4.78, 5) is 26.5. The predicted octanol–water partition coefficient (Wildman–Crippen LogP) is 7.10. The second kappa shape index (κ2) is 10.1. The number of carboxylic acids is 1. The van der Waals surface area contributed by atoms with Crippen molar-refractivity contribution in [2.75, 3.05) is 0 Å². The lowest BCUT2D eigenvalue weighted by molar-refractivity contribution is -0.136. The highest BCUT2D eigenvalue weighted by Crippen LogP contribution is 2.41. The fourth-order valence-corrected chi connectivity index (χ4v) is 5.30. The molecule has 184 valence electrons. The highest BCUT2D eigenvalue weighted by atomic mass is 16.6. The summed E-state index contributed by atoms with van der Waals surface area (Å²) in [5, 5.41) is 11.4. The van der Waals surface area contributed by atoms with Gasteiger partial charge in [0.2, 0.25) is 0 Å². The van der Waals surface area contributed by atoms with E-state index in [1.807, 2.05) is 62.1 Å². The molecule has 0 aromatic heterocycles. The van der Waals surface area contributed by atoms with Crippen LogP contribution in [0.15, 0.2) is 66.7 Å². The van der Waals surface area contributed by atoms with Crippen LogP contribution in [-0.4, -0.2) is 33.7 Å². The first kappa shape index (κ1) is 24.8. The van der Waals surface area contributed by atoms with Crippen molar-refractivity contribution in [1.82, 2.24) is 4.90 Å². The van der Waals surface area contributed by atoms with Gasteiger partial charge < -0.3 is 9.84 Å². The van der Waals surface area contributed by atoms with Crippen LogP contribution < -0.4 is 0 Å². The molecule has 5 heteroatoms. The third-order valence-corrected chi connectivity index (χ3v) is 6.90. The molecule has 3 aromatic rings. The minimum Gasteiger partial charge on any atom is -0.481 e. The fraction of sp³-hybridized carbons (Fsp3) is 0.400. The van der Waals surface area contributed by atoms with Gasteiger partial charge in [0.25, 0.3) is 0 Å². The van der Waals surface area contributed by atoms with Gasteiger partial charge in [0.15, 0.2) is 0 Å². The highest BCUT2D eigenvalue weighted by molar-refractivity contribution is 5.86. The number of rotatable bonds is 6. The second-order valence-electron chi connectivity index (χ2n) is 10.6. The second-order valence-corrected chi connectivity index (χ2v) is 10.6. The molecule has 0 radical (unpaired) electrons. The molecular weight excluding hydrogens is 438 g/mol. The van der Waals surface area contributed by atoms with Crippen LogP contribution >= 0.6 is 0 Å². The van der Waals surface area contributed by atoms with Crippen LogP contribution in [0.1, 0.15) is 75.6 Å². The molecule has 0 saturated heterocycles. The third kappa shape index (κ3) is 5.84. The molecule has 3 atom stereocenters. The van der Waals surface area contributed by atoms with Gasteiger partial charge in [-0.3, -0.25) is 9.69 Å². The van der Waals surface area contributed by atoms with Gasteiger partial charge in [-0.2, -0.15) is 0 Å². The fourth-order valence-electron chi connectivity index (χ4n) is 5.30. The zero-order valence-corrected chi connectivity index (χ0v) is 21.0. The summed E-state index contributed by atoms with van der Waals surface area (Å²) in [6.45, 7) is 7.81. The molecule has 0 aliphatic heterocycles. The van der Waals surface area contributed by atoms with Gasteiger partial charge in [-0.05, 0) is 80.3 Å². The van der Waals surface area contributed by atoms with Gasteiger partial charge in [-0.25, -0.2) is 4.79 Å². The van der Waals surface area contributed by atoms with E-state index in [0.717, 1.165) is 41.2 Å². The Balaban J connectivity index is 1.61. The van der Waals surface area contributed by atoms with Crippen molar-refractivity contribution >= 4 is 22.8 Å². The molecule has 0 heterocycles. The molecular formula is C30H35NO4. The topological polar surface area (TPSA) is 66.8 Å². The van der Waals surface area contributed by atoms with Crippen LogP contribution in [0.3, 0.4) is 0 Å². The van der Waals surface area contributed by atoms with E-state index in [1.165, 1.54) is 5.56 Å². The Morgan fingerprint density at radius 3 is 2.37 bits per heavy atom. The average molecular weight is 474 g/mol. The van der Waals surface area contributed by atoms with Crippen LogP contribution in [0.5, 0.6) is 0 Å². The number of carbonyl (C=O) groups is 2. The van der Waals surface area contributed by atoms with Crippen molar-refractivity contribution < 1.29 is 19.4 Å². The average Bonchev–Trinajstić information content (AvgIpc) is 3.27. The van der Waals surface area contributed by atoms with Gasteiger partial charge in [0, 0.05) is 6.04 Å². The van der Waals surface area contributed by atoms with E-state index in [4.69, 9.17) is 9.84 Å². The van der Waals surface area contributed by atoms with Gasteiger partial charge >= 0.3 is 12.1 Å². The van der Waals surface area contributed by atoms with Crippen LogP contribution in [0.25, 0.3) is 10.8 Å². The van der Waals surface area contributed by atoms with E-state index >= 15 is 0 Å². The smallest absolute Gasteiger partial charge is 0.411 e. The molecule has 0 spiro atoms. The molecule has 5 nitrogen and oxygen atoms in total. The number of carboxylic acid groups (broad SMARTS) is 1. The van der Waals surface area contributed by atoms with Crippen LogP contribution in [0, 0.1) is 0 Å². The van der Waals surface area contributed by atoms with Crippen molar-refractivity contribution in [1.29, 1.82) is 0 Å². The third-order valence-electron chi connectivity index (χ3n) is 6.90. The monoisotopic (exact) mass is 473 g/mol. The van der Waals surface area contributed by atoms with Crippen LogP contribution in [0.2, 0.25) is 0 Å². The lowest BCUT2D eigenvalue weighted by Gasteiger charge is -2.37. The number of hydrogen-bond donors (Lipinski definition) is 1. The Bertz CT molecular complexity index is 1190. The number of hydrogen-bond acceptors (Lipinski definition) is 3. The van der Waals surface area contributed by atoms with E-state index in [2.05, 4.69) is 37.3 Å². The minimum absolute atomic E-state index is 0.0303. The van der Waals surface area contributed by atoms with E-state index < -0.39 is 11.6 Å². The predicted molar refractivity (Wildman–Crippen MR) is 139 cm³/mol. The zero-order chi connectivity index (χ0) is 25.2. The maximum atomic E-state index is 13.5. The number of benzene rings is 3. The molecule has 1 amide bonds. The number of aliphatic carboxylic acids is 1. The molecule has 3 aromatic carbocycles. The summed E-state index contributed by atoms with van der Waals surface area (Å²) >= 11 is 0. The highest BCUT2D eigenvalue weighted by Gasteiger charge is 2.38. The lowest BCUT2D eigenvalue weighted by atomic mass is 9.95. The molecule has 3 unspecified atom stereocenters. The van der Waals surface area contributed by atoms with E-state index in [0.29, 0.717) is 5.92 Å². The molecule has 0 bridgehead atoms. The molecule has 1 fully saturated rings. The van der Waals surface area contributed by atoms with Gasteiger partial charge in [-0.15, -0.1) is 0 Å². The Labute approximate surface area is 207 Å².